The quantitative estimate of drug-likeness (QED) is 0.436. The van der Waals surface area contributed by atoms with Gasteiger partial charge in [-0.2, -0.15) is 0 Å². The minimum absolute atomic E-state index is 0.477. The van der Waals surface area contributed by atoms with Crippen molar-refractivity contribution in [2.75, 3.05) is 38.6 Å². The van der Waals surface area contributed by atoms with Gasteiger partial charge in [-0.3, -0.25) is 4.99 Å². The maximum Gasteiger partial charge on any atom is 0.193 e. The number of anilines is 1. The summed E-state index contributed by atoms with van der Waals surface area (Å²) < 4.78 is 5.20. The van der Waals surface area contributed by atoms with Crippen LogP contribution in [0.5, 0.6) is 0 Å². The fourth-order valence-electron chi connectivity index (χ4n) is 3.24. The van der Waals surface area contributed by atoms with Crippen LogP contribution in [0.1, 0.15) is 38.2 Å². The number of benzene rings is 1. The van der Waals surface area contributed by atoms with Gasteiger partial charge in [-0.1, -0.05) is 25.1 Å². The molecule has 0 aromatic heterocycles. The molecule has 1 saturated heterocycles. The minimum atomic E-state index is 0.477. The first-order valence-corrected chi connectivity index (χ1v) is 9.05. The number of guanidine groups is 1. The molecule has 5 heteroatoms. The Morgan fingerprint density at radius 1 is 1.38 bits per heavy atom. The Morgan fingerprint density at radius 3 is 3.00 bits per heavy atom. The fourth-order valence-corrected chi connectivity index (χ4v) is 3.24. The van der Waals surface area contributed by atoms with Gasteiger partial charge >= 0.3 is 0 Å². The second-order valence-electron chi connectivity index (χ2n) is 6.74. The standard InChI is InChI=1S/C19H32N4O/c1-16-8-7-13-23(14-16)12-6-5-11-21-19(20)22-18-10-4-3-9-17(18)15-24-2/h3-4,9-10,16H,5-8,11-15H2,1-2H3,(H3,20,21,22). The molecule has 0 radical (unpaired) electrons. The highest BCUT2D eigenvalue weighted by atomic mass is 16.5. The van der Waals surface area contributed by atoms with E-state index >= 15 is 0 Å². The molecule has 0 saturated carbocycles. The first-order chi connectivity index (χ1) is 11.7. The van der Waals surface area contributed by atoms with E-state index in [-0.39, 0.29) is 0 Å². The lowest BCUT2D eigenvalue weighted by molar-refractivity contribution is 0.181. The van der Waals surface area contributed by atoms with E-state index in [1.54, 1.807) is 7.11 Å². The van der Waals surface area contributed by atoms with Crippen LogP contribution in [0.4, 0.5) is 5.69 Å². The van der Waals surface area contributed by atoms with Gasteiger partial charge in [0.1, 0.15) is 0 Å². The highest BCUT2D eigenvalue weighted by Crippen LogP contribution is 2.16. The van der Waals surface area contributed by atoms with Crippen LogP contribution in [-0.2, 0) is 11.3 Å². The zero-order valence-corrected chi connectivity index (χ0v) is 15.1. The molecule has 1 aromatic rings. The van der Waals surface area contributed by atoms with Gasteiger partial charge in [-0.05, 0) is 50.8 Å². The molecule has 5 nitrogen and oxygen atoms in total. The normalized spacial score (nSPS) is 19.4. The molecule has 0 spiro atoms. The van der Waals surface area contributed by atoms with Crippen molar-refractivity contribution in [1.29, 1.82) is 0 Å². The van der Waals surface area contributed by atoms with Crippen molar-refractivity contribution in [2.24, 2.45) is 16.6 Å². The average molecular weight is 332 g/mol. The van der Waals surface area contributed by atoms with E-state index in [1.165, 1.54) is 38.9 Å². The number of ether oxygens (including phenoxy) is 1. The summed E-state index contributed by atoms with van der Waals surface area (Å²) in [4.78, 5) is 7.03. The van der Waals surface area contributed by atoms with Crippen molar-refractivity contribution in [3.63, 3.8) is 0 Å². The van der Waals surface area contributed by atoms with Crippen molar-refractivity contribution >= 4 is 11.6 Å². The zero-order valence-electron chi connectivity index (χ0n) is 15.1. The van der Waals surface area contributed by atoms with Crippen LogP contribution in [0, 0.1) is 5.92 Å². The predicted molar refractivity (Wildman–Crippen MR) is 101 cm³/mol. The van der Waals surface area contributed by atoms with E-state index in [0.29, 0.717) is 12.6 Å². The summed E-state index contributed by atoms with van der Waals surface area (Å²) in [5, 5.41) is 3.18. The topological polar surface area (TPSA) is 62.9 Å². The van der Waals surface area contributed by atoms with Gasteiger partial charge in [-0.25, -0.2) is 0 Å². The number of nitrogens with zero attached hydrogens (tertiary/aromatic N) is 2. The Bertz CT molecular complexity index is 518. The molecule has 1 aromatic carbocycles. The number of methoxy groups -OCH3 is 1. The van der Waals surface area contributed by atoms with Crippen LogP contribution in [0.2, 0.25) is 0 Å². The smallest absolute Gasteiger partial charge is 0.193 e. The third kappa shape index (κ3) is 6.49. The summed E-state index contributed by atoms with van der Waals surface area (Å²) in [5.41, 5.74) is 8.04. The highest BCUT2D eigenvalue weighted by molar-refractivity contribution is 5.92. The largest absolute Gasteiger partial charge is 0.380 e. The molecule has 0 bridgehead atoms. The number of rotatable bonds is 8. The molecule has 1 atom stereocenters. The van der Waals surface area contributed by atoms with E-state index in [9.17, 15) is 0 Å². The van der Waals surface area contributed by atoms with Crippen molar-refractivity contribution in [3.8, 4) is 0 Å². The van der Waals surface area contributed by atoms with Crippen LogP contribution in [0.3, 0.4) is 0 Å². The van der Waals surface area contributed by atoms with Crippen LogP contribution in [0.15, 0.2) is 29.3 Å². The van der Waals surface area contributed by atoms with Crippen molar-refractivity contribution < 1.29 is 4.74 Å². The van der Waals surface area contributed by atoms with E-state index in [0.717, 1.165) is 30.1 Å². The summed E-state index contributed by atoms with van der Waals surface area (Å²) in [7, 11) is 1.69. The number of para-hydroxylation sites is 1. The van der Waals surface area contributed by atoms with Crippen molar-refractivity contribution in [1.82, 2.24) is 4.90 Å². The number of nitrogens with one attached hydrogen (secondary N) is 1. The van der Waals surface area contributed by atoms with Crippen LogP contribution < -0.4 is 11.1 Å². The second kappa shape index (κ2) is 10.3. The monoisotopic (exact) mass is 332 g/mol. The maximum absolute atomic E-state index is 6.00. The Morgan fingerprint density at radius 2 is 2.21 bits per heavy atom. The summed E-state index contributed by atoms with van der Waals surface area (Å²) in [6.45, 7) is 7.38. The predicted octanol–water partition coefficient (Wildman–Crippen LogP) is 3.07. The van der Waals surface area contributed by atoms with Crippen LogP contribution >= 0.6 is 0 Å². The molecule has 1 fully saturated rings. The third-order valence-electron chi connectivity index (χ3n) is 4.49. The number of likely N-dealkylation sites (tertiary alicyclic amines) is 1. The van der Waals surface area contributed by atoms with E-state index in [4.69, 9.17) is 10.5 Å². The fraction of sp³-hybridized carbons (Fsp3) is 0.632. The molecule has 3 N–H and O–H groups in total. The Kier molecular flexibility index (Phi) is 8.05. The number of hydrogen-bond acceptors (Lipinski definition) is 3. The summed E-state index contributed by atoms with van der Waals surface area (Å²) in [5.74, 6) is 1.33. The van der Waals surface area contributed by atoms with Gasteiger partial charge in [0, 0.05) is 31.5 Å². The highest BCUT2D eigenvalue weighted by Gasteiger charge is 2.15. The first kappa shape index (κ1) is 18.7. The van der Waals surface area contributed by atoms with E-state index in [2.05, 4.69) is 22.1 Å². The lowest BCUT2D eigenvalue weighted by Gasteiger charge is -2.30. The number of unbranched alkanes of at least 4 members (excludes halogenated alkanes) is 1. The van der Waals surface area contributed by atoms with Crippen LogP contribution in [0.25, 0.3) is 0 Å². The SMILES string of the molecule is COCc1ccccc1NC(N)=NCCCCN1CCCC(C)C1. The van der Waals surface area contributed by atoms with E-state index < -0.39 is 0 Å². The summed E-state index contributed by atoms with van der Waals surface area (Å²) in [6.07, 6.45) is 4.99. The lowest BCUT2D eigenvalue weighted by Crippen LogP contribution is -2.35. The molecular formula is C19H32N4O. The van der Waals surface area contributed by atoms with Gasteiger partial charge < -0.3 is 20.7 Å². The zero-order chi connectivity index (χ0) is 17.2. The molecule has 0 amide bonds. The molecular weight excluding hydrogens is 300 g/mol. The summed E-state index contributed by atoms with van der Waals surface area (Å²) >= 11 is 0. The number of aliphatic imine (C=N–C) groups is 1. The number of nitrogens with two attached hydrogens (primary N) is 1. The van der Waals surface area contributed by atoms with Crippen molar-refractivity contribution in [3.05, 3.63) is 29.8 Å². The van der Waals surface area contributed by atoms with Crippen molar-refractivity contribution in [2.45, 2.75) is 39.2 Å². The van der Waals surface area contributed by atoms with Gasteiger partial charge in [0.25, 0.3) is 0 Å². The minimum Gasteiger partial charge on any atom is -0.380 e. The van der Waals surface area contributed by atoms with Gasteiger partial charge in [0.15, 0.2) is 5.96 Å². The Labute approximate surface area is 146 Å². The first-order valence-electron chi connectivity index (χ1n) is 9.05. The molecule has 2 rings (SSSR count). The van der Waals surface area contributed by atoms with E-state index in [1.807, 2.05) is 24.3 Å². The Hall–Kier alpha value is -1.59. The molecule has 134 valence electrons. The molecule has 1 unspecified atom stereocenters. The molecule has 1 aliphatic rings. The van der Waals surface area contributed by atoms with Crippen LogP contribution in [-0.4, -0.2) is 44.1 Å². The molecule has 1 heterocycles. The summed E-state index contributed by atoms with van der Waals surface area (Å²) in [6, 6.07) is 8.00. The van der Waals surface area contributed by atoms with Gasteiger partial charge in [-0.15, -0.1) is 0 Å². The number of hydrogen-bond donors (Lipinski definition) is 2. The molecule has 24 heavy (non-hydrogen) atoms. The van der Waals surface area contributed by atoms with Gasteiger partial charge in [0.05, 0.1) is 6.61 Å². The maximum atomic E-state index is 6.00. The lowest BCUT2D eigenvalue weighted by atomic mass is 10.0. The molecule has 1 aliphatic heterocycles. The number of piperidine rings is 1. The third-order valence-corrected chi connectivity index (χ3v) is 4.49. The Balaban J connectivity index is 1.68. The van der Waals surface area contributed by atoms with Gasteiger partial charge in [0.2, 0.25) is 0 Å². The molecule has 0 aliphatic carbocycles. The average Bonchev–Trinajstić information content (AvgIpc) is 2.57. The second-order valence-corrected chi connectivity index (χ2v) is 6.74.